The smallest absolute Gasteiger partial charge is 0.204 e. The third kappa shape index (κ3) is 4.93. The standard InChI is InChI=1S/C5H9NO3/c1-5(4-7)2-3-6(8)9/h4-5H,2-3H2,1H3/t5-/m1/s1. The summed E-state index contributed by atoms with van der Waals surface area (Å²) in [5.74, 6) is -0.185. The summed E-state index contributed by atoms with van der Waals surface area (Å²) >= 11 is 0. The van der Waals surface area contributed by atoms with Crippen LogP contribution in [0, 0.1) is 16.0 Å². The average molecular weight is 131 g/mol. The highest BCUT2D eigenvalue weighted by Crippen LogP contribution is 1.95. The molecule has 0 fully saturated rings. The fourth-order valence-electron chi connectivity index (χ4n) is 0.377. The topological polar surface area (TPSA) is 60.2 Å². The zero-order valence-corrected chi connectivity index (χ0v) is 5.24. The van der Waals surface area contributed by atoms with Gasteiger partial charge >= 0.3 is 0 Å². The van der Waals surface area contributed by atoms with Crippen molar-refractivity contribution in [3.63, 3.8) is 0 Å². The summed E-state index contributed by atoms with van der Waals surface area (Å²) in [7, 11) is 0. The Morgan fingerprint density at radius 2 is 2.33 bits per heavy atom. The molecule has 0 aromatic rings. The summed E-state index contributed by atoms with van der Waals surface area (Å²) in [6.07, 6.45) is 1.07. The van der Waals surface area contributed by atoms with Crippen molar-refractivity contribution in [1.82, 2.24) is 0 Å². The molecule has 0 saturated carbocycles. The molecule has 1 atom stereocenters. The molecule has 0 N–H and O–H groups in total. The first-order chi connectivity index (χ1) is 4.16. The minimum absolute atomic E-state index is 0.111. The van der Waals surface area contributed by atoms with E-state index in [1.807, 2.05) is 0 Å². The lowest BCUT2D eigenvalue weighted by Gasteiger charge is -1.95. The highest BCUT2D eigenvalue weighted by molar-refractivity contribution is 5.52. The van der Waals surface area contributed by atoms with Crippen LogP contribution in [0.3, 0.4) is 0 Å². The Morgan fingerprint density at radius 3 is 2.67 bits per heavy atom. The number of nitro groups is 1. The van der Waals surface area contributed by atoms with Gasteiger partial charge in [-0.2, -0.15) is 0 Å². The molecule has 0 rings (SSSR count). The number of carbonyl (C=O) groups excluding carboxylic acids is 1. The molecule has 4 nitrogen and oxygen atoms in total. The second-order valence-electron chi connectivity index (χ2n) is 1.96. The van der Waals surface area contributed by atoms with E-state index >= 15 is 0 Å². The second-order valence-corrected chi connectivity index (χ2v) is 1.96. The normalized spacial score (nSPS) is 12.6. The first kappa shape index (κ1) is 8.07. The number of hydrogen-bond donors (Lipinski definition) is 0. The van der Waals surface area contributed by atoms with E-state index in [0.717, 1.165) is 6.29 Å². The van der Waals surface area contributed by atoms with Crippen molar-refractivity contribution in [1.29, 1.82) is 0 Å². The lowest BCUT2D eigenvalue weighted by molar-refractivity contribution is -0.481. The first-order valence-corrected chi connectivity index (χ1v) is 2.74. The molecular formula is C5H9NO3. The monoisotopic (exact) mass is 131 g/mol. The SMILES string of the molecule is C[C@@H](C=O)CC[N+](=O)[O-]. The van der Waals surface area contributed by atoms with Gasteiger partial charge in [0.25, 0.3) is 0 Å². The fourth-order valence-corrected chi connectivity index (χ4v) is 0.377. The first-order valence-electron chi connectivity index (χ1n) is 2.74. The lowest BCUT2D eigenvalue weighted by Crippen LogP contribution is -2.06. The molecule has 0 aromatic heterocycles. The molecule has 4 heteroatoms. The number of nitrogens with zero attached hydrogens (tertiary/aromatic N) is 1. The second kappa shape index (κ2) is 4.00. The Morgan fingerprint density at radius 1 is 1.78 bits per heavy atom. The van der Waals surface area contributed by atoms with E-state index in [0.29, 0.717) is 6.42 Å². The Kier molecular flexibility index (Phi) is 3.59. The molecule has 0 unspecified atom stereocenters. The summed E-state index contributed by atoms with van der Waals surface area (Å²) in [5.41, 5.74) is 0. The summed E-state index contributed by atoms with van der Waals surface area (Å²) in [4.78, 5) is 19.2. The van der Waals surface area contributed by atoms with Crippen LogP contribution in [0.25, 0.3) is 0 Å². The molecule has 0 spiro atoms. The van der Waals surface area contributed by atoms with Gasteiger partial charge in [0.05, 0.1) is 0 Å². The van der Waals surface area contributed by atoms with Crippen molar-refractivity contribution in [3.8, 4) is 0 Å². The summed E-state index contributed by atoms with van der Waals surface area (Å²) in [5, 5.41) is 9.71. The third-order valence-electron chi connectivity index (χ3n) is 0.999. The quantitative estimate of drug-likeness (QED) is 0.317. The van der Waals surface area contributed by atoms with E-state index in [-0.39, 0.29) is 12.5 Å². The van der Waals surface area contributed by atoms with E-state index in [1.165, 1.54) is 0 Å². The molecule has 0 aliphatic heterocycles. The van der Waals surface area contributed by atoms with Crippen LogP contribution in [0.4, 0.5) is 0 Å². The third-order valence-corrected chi connectivity index (χ3v) is 0.999. The molecule has 0 aromatic carbocycles. The van der Waals surface area contributed by atoms with Crippen molar-refractivity contribution in [2.75, 3.05) is 6.54 Å². The molecule has 52 valence electrons. The van der Waals surface area contributed by atoms with Crippen molar-refractivity contribution in [2.24, 2.45) is 5.92 Å². The molecule has 0 amide bonds. The van der Waals surface area contributed by atoms with E-state index in [2.05, 4.69) is 0 Å². The number of carbonyl (C=O) groups is 1. The van der Waals surface area contributed by atoms with E-state index in [9.17, 15) is 14.9 Å². The predicted molar refractivity (Wildman–Crippen MR) is 31.7 cm³/mol. The van der Waals surface area contributed by atoms with Gasteiger partial charge in [0.15, 0.2) is 0 Å². The number of rotatable bonds is 4. The fraction of sp³-hybridized carbons (Fsp3) is 0.800. The molecule has 0 radical (unpaired) electrons. The van der Waals surface area contributed by atoms with Gasteiger partial charge in [-0.3, -0.25) is 10.1 Å². The molecule has 9 heavy (non-hydrogen) atoms. The number of aldehydes is 1. The Balaban J connectivity index is 3.26. The summed E-state index contributed by atoms with van der Waals surface area (Å²) < 4.78 is 0. The van der Waals surface area contributed by atoms with Crippen LogP contribution in [0.2, 0.25) is 0 Å². The molecule has 0 heterocycles. The number of hydrogen-bond acceptors (Lipinski definition) is 3. The summed E-state index contributed by atoms with van der Waals surface area (Å²) in [6.45, 7) is 1.55. The predicted octanol–water partition coefficient (Wildman–Crippen LogP) is 0.488. The zero-order valence-electron chi connectivity index (χ0n) is 5.24. The van der Waals surface area contributed by atoms with Gasteiger partial charge in [-0.1, -0.05) is 6.92 Å². The average Bonchev–Trinajstić information content (AvgIpc) is 1.83. The lowest BCUT2D eigenvalue weighted by atomic mass is 10.1. The van der Waals surface area contributed by atoms with Crippen molar-refractivity contribution in [3.05, 3.63) is 10.1 Å². The van der Waals surface area contributed by atoms with Gasteiger partial charge in [0, 0.05) is 17.3 Å². The molecule has 0 bridgehead atoms. The highest BCUT2D eigenvalue weighted by Gasteiger charge is 2.03. The van der Waals surface area contributed by atoms with Crippen LogP contribution in [0.15, 0.2) is 0 Å². The van der Waals surface area contributed by atoms with E-state index in [4.69, 9.17) is 0 Å². The van der Waals surface area contributed by atoms with Gasteiger partial charge in [0.1, 0.15) is 6.29 Å². The van der Waals surface area contributed by atoms with Crippen LogP contribution in [-0.4, -0.2) is 17.8 Å². The largest absolute Gasteiger partial charge is 0.303 e. The van der Waals surface area contributed by atoms with Gasteiger partial charge in [-0.15, -0.1) is 0 Å². The van der Waals surface area contributed by atoms with Gasteiger partial charge < -0.3 is 4.79 Å². The molecule has 0 aliphatic rings. The van der Waals surface area contributed by atoms with Crippen LogP contribution in [0.1, 0.15) is 13.3 Å². The maximum atomic E-state index is 9.89. The minimum Gasteiger partial charge on any atom is -0.303 e. The molecular weight excluding hydrogens is 122 g/mol. The molecule has 0 saturated heterocycles. The maximum Gasteiger partial charge on any atom is 0.204 e. The van der Waals surface area contributed by atoms with Gasteiger partial charge in [-0.05, 0) is 0 Å². The maximum absolute atomic E-state index is 9.89. The van der Waals surface area contributed by atoms with Gasteiger partial charge in [0.2, 0.25) is 6.54 Å². The van der Waals surface area contributed by atoms with E-state index in [1.54, 1.807) is 6.92 Å². The van der Waals surface area contributed by atoms with Crippen LogP contribution in [0.5, 0.6) is 0 Å². The molecule has 0 aliphatic carbocycles. The van der Waals surface area contributed by atoms with Crippen molar-refractivity contribution < 1.29 is 9.72 Å². The minimum atomic E-state index is -0.417. The summed E-state index contributed by atoms with van der Waals surface area (Å²) in [6, 6.07) is 0. The zero-order chi connectivity index (χ0) is 7.28. The van der Waals surface area contributed by atoms with Crippen LogP contribution in [-0.2, 0) is 4.79 Å². The Labute approximate surface area is 53.0 Å². The Hall–Kier alpha value is -0.930. The van der Waals surface area contributed by atoms with Gasteiger partial charge in [-0.25, -0.2) is 0 Å². The van der Waals surface area contributed by atoms with E-state index < -0.39 is 4.92 Å². The highest BCUT2D eigenvalue weighted by atomic mass is 16.6. The van der Waals surface area contributed by atoms with Crippen LogP contribution < -0.4 is 0 Å². The van der Waals surface area contributed by atoms with Crippen molar-refractivity contribution >= 4 is 6.29 Å². The van der Waals surface area contributed by atoms with Crippen molar-refractivity contribution in [2.45, 2.75) is 13.3 Å². The van der Waals surface area contributed by atoms with Crippen LogP contribution >= 0.6 is 0 Å². The Bertz CT molecular complexity index is 113.